The predicted molar refractivity (Wildman–Crippen MR) is 37.5 cm³/mol. The molecule has 0 amide bonds. The summed E-state index contributed by atoms with van der Waals surface area (Å²) in [5, 5.41) is 0. The third-order valence-corrected chi connectivity index (χ3v) is 1.82. The van der Waals surface area contributed by atoms with Crippen molar-refractivity contribution in [3.8, 4) is 0 Å². The van der Waals surface area contributed by atoms with Gasteiger partial charge in [-0.1, -0.05) is 8.44 Å². The molecule has 0 heterocycles. The highest BCUT2D eigenvalue weighted by Crippen LogP contribution is 2.11. The first kappa shape index (κ1) is 7.45. The zero-order valence-electron chi connectivity index (χ0n) is 4.09. The second-order valence-corrected chi connectivity index (χ2v) is 2.92. The molecule has 1 unspecified atom stereocenters. The Kier molecular flexibility index (Phi) is 6.86. The van der Waals surface area contributed by atoms with Crippen molar-refractivity contribution in [2.75, 3.05) is 5.75 Å². The van der Waals surface area contributed by atoms with Gasteiger partial charge in [0.25, 0.3) is 0 Å². The zero-order valence-corrected chi connectivity index (χ0v) is 6.06. The van der Waals surface area contributed by atoms with E-state index in [2.05, 4.69) is 8.44 Å². The van der Waals surface area contributed by atoms with Crippen LogP contribution in [-0.4, -0.2) is 12.0 Å². The molecule has 0 N–H and O–H groups in total. The molecule has 0 radical (unpaired) electrons. The van der Waals surface area contributed by atoms with E-state index in [1.807, 2.05) is 0 Å². The van der Waals surface area contributed by atoms with Gasteiger partial charge >= 0.3 is 0 Å². The van der Waals surface area contributed by atoms with Gasteiger partial charge in [0.15, 0.2) is 0 Å². The summed E-state index contributed by atoms with van der Waals surface area (Å²) in [5.74, 6) is 1.07. The molecular weight excluding hydrogens is 127 g/mol. The van der Waals surface area contributed by atoms with Gasteiger partial charge < -0.3 is 4.79 Å². The molecular formula is C4H9OPS. The molecule has 0 saturated heterocycles. The standard InChI is InChI=1S/C4H9OPS/c5-3-1-2-4-7-6/h3H,1-2,4,6H2. The maximum absolute atomic E-state index is 9.66. The van der Waals surface area contributed by atoms with Gasteiger partial charge in [-0.15, -0.1) is 11.4 Å². The van der Waals surface area contributed by atoms with Crippen molar-refractivity contribution in [3.05, 3.63) is 0 Å². The molecule has 0 aromatic carbocycles. The molecule has 0 aliphatic heterocycles. The summed E-state index contributed by atoms with van der Waals surface area (Å²) in [6, 6.07) is 0. The van der Waals surface area contributed by atoms with Crippen LogP contribution in [0.15, 0.2) is 0 Å². The third-order valence-electron chi connectivity index (χ3n) is 0.584. The number of rotatable bonds is 4. The molecule has 0 spiro atoms. The molecule has 0 rings (SSSR count). The van der Waals surface area contributed by atoms with E-state index < -0.39 is 0 Å². The fraction of sp³-hybridized carbons (Fsp3) is 0.750. The number of aldehydes is 1. The maximum atomic E-state index is 9.66. The van der Waals surface area contributed by atoms with Crippen molar-refractivity contribution >= 4 is 26.1 Å². The lowest BCUT2D eigenvalue weighted by atomic mass is 10.4. The topological polar surface area (TPSA) is 17.1 Å². The van der Waals surface area contributed by atoms with Crippen LogP contribution in [0.25, 0.3) is 0 Å². The molecule has 0 fully saturated rings. The predicted octanol–water partition coefficient (Wildman–Crippen LogP) is 1.49. The largest absolute Gasteiger partial charge is 0.303 e. The van der Waals surface area contributed by atoms with Gasteiger partial charge in [-0.3, -0.25) is 0 Å². The van der Waals surface area contributed by atoms with Crippen LogP contribution in [-0.2, 0) is 4.79 Å². The second kappa shape index (κ2) is 6.45. The van der Waals surface area contributed by atoms with Crippen molar-refractivity contribution < 1.29 is 4.79 Å². The SMILES string of the molecule is O=CCCCSP. The molecule has 0 aliphatic carbocycles. The van der Waals surface area contributed by atoms with Crippen LogP contribution in [0.5, 0.6) is 0 Å². The highest BCUT2D eigenvalue weighted by Gasteiger charge is 1.80. The number of hydrogen-bond acceptors (Lipinski definition) is 2. The molecule has 1 nitrogen and oxygen atoms in total. The first-order chi connectivity index (χ1) is 3.41. The molecule has 3 heteroatoms. The lowest BCUT2D eigenvalue weighted by Gasteiger charge is -1.85. The Labute approximate surface area is 50.2 Å². The van der Waals surface area contributed by atoms with E-state index in [9.17, 15) is 4.79 Å². The Balaban J connectivity index is 2.56. The van der Waals surface area contributed by atoms with Gasteiger partial charge in [0.05, 0.1) is 0 Å². The maximum Gasteiger partial charge on any atom is 0.120 e. The molecule has 1 atom stereocenters. The first-order valence-electron chi connectivity index (χ1n) is 2.17. The van der Waals surface area contributed by atoms with Crippen LogP contribution < -0.4 is 0 Å². The molecule has 0 aromatic heterocycles. The Bertz CT molecular complexity index is 49.0. The van der Waals surface area contributed by atoms with E-state index in [0.29, 0.717) is 6.42 Å². The normalized spacial score (nSPS) is 8.71. The molecule has 0 aromatic rings. The van der Waals surface area contributed by atoms with Crippen LogP contribution in [0, 0.1) is 0 Å². The van der Waals surface area contributed by atoms with Crippen LogP contribution in [0.4, 0.5) is 0 Å². The van der Waals surface area contributed by atoms with E-state index in [1.54, 1.807) is 11.4 Å². The Morgan fingerprint density at radius 2 is 2.43 bits per heavy atom. The van der Waals surface area contributed by atoms with Crippen molar-refractivity contribution in [2.45, 2.75) is 12.8 Å². The molecule has 0 aliphatic rings. The highest BCUT2D eigenvalue weighted by atomic mass is 32.7. The minimum Gasteiger partial charge on any atom is -0.303 e. The Morgan fingerprint density at radius 3 is 2.86 bits per heavy atom. The first-order valence-corrected chi connectivity index (χ1v) is 4.63. The fourth-order valence-electron chi connectivity index (χ4n) is 0.250. The van der Waals surface area contributed by atoms with Crippen molar-refractivity contribution in [1.29, 1.82) is 0 Å². The van der Waals surface area contributed by atoms with Crippen LogP contribution in [0.1, 0.15) is 12.8 Å². The van der Waals surface area contributed by atoms with Gasteiger partial charge in [-0.25, -0.2) is 0 Å². The second-order valence-electron chi connectivity index (χ2n) is 1.18. The van der Waals surface area contributed by atoms with Gasteiger partial charge in [-0.2, -0.15) is 0 Å². The summed E-state index contributed by atoms with van der Waals surface area (Å²) >= 11 is 1.70. The highest BCUT2D eigenvalue weighted by molar-refractivity contribution is 8.43. The van der Waals surface area contributed by atoms with Crippen LogP contribution in [0.3, 0.4) is 0 Å². The zero-order chi connectivity index (χ0) is 5.54. The van der Waals surface area contributed by atoms with E-state index in [4.69, 9.17) is 0 Å². The Morgan fingerprint density at radius 1 is 1.71 bits per heavy atom. The number of carbonyl (C=O) groups is 1. The van der Waals surface area contributed by atoms with Gasteiger partial charge in [-0.05, 0) is 12.2 Å². The van der Waals surface area contributed by atoms with Crippen molar-refractivity contribution in [3.63, 3.8) is 0 Å². The summed E-state index contributed by atoms with van der Waals surface area (Å²) in [6.07, 6.45) is 2.68. The van der Waals surface area contributed by atoms with E-state index in [-0.39, 0.29) is 0 Å². The van der Waals surface area contributed by atoms with Gasteiger partial charge in [0.2, 0.25) is 0 Å². The van der Waals surface area contributed by atoms with Gasteiger partial charge in [0, 0.05) is 6.42 Å². The minimum absolute atomic E-state index is 0.710. The number of hydrogen-bond donors (Lipinski definition) is 0. The fourth-order valence-corrected chi connectivity index (χ4v) is 1.08. The molecule has 7 heavy (non-hydrogen) atoms. The summed E-state index contributed by atoms with van der Waals surface area (Å²) in [7, 11) is 2.55. The minimum atomic E-state index is 0.710. The number of unbranched alkanes of at least 4 members (excludes halogenated alkanes) is 1. The lowest BCUT2D eigenvalue weighted by Crippen LogP contribution is -1.76. The molecule has 42 valence electrons. The smallest absolute Gasteiger partial charge is 0.120 e. The van der Waals surface area contributed by atoms with Crippen LogP contribution >= 0.6 is 19.8 Å². The van der Waals surface area contributed by atoms with Crippen LogP contribution in [0.2, 0.25) is 0 Å². The Hall–Kier alpha value is 0.450. The summed E-state index contributed by atoms with van der Waals surface area (Å²) < 4.78 is 0. The molecule has 0 saturated carbocycles. The van der Waals surface area contributed by atoms with Crippen molar-refractivity contribution in [2.24, 2.45) is 0 Å². The summed E-state index contributed by atoms with van der Waals surface area (Å²) in [5.41, 5.74) is 0. The summed E-state index contributed by atoms with van der Waals surface area (Å²) in [4.78, 5) is 9.66. The van der Waals surface area contributed by atoms with Crippen molar-refractivity contribution in [1.82, 2.24) is 0 Å². The monoisotopic (exact) mass is 136 g/mol. The molecule has 0 bridgehead atoms. The summed E-state index contributed by atoms with van der Waals surface area (Å²) in [6.45, 7) is 0. The van der Waals surface area contributed by atoms with E-state index in [1.165, 1.54) is 0 Å². The van der Waals surface area contributed by atoms with E-state index in [0.717, 1.165) is 18.5 Å². The van der Waals surface area contributed by atoms with E-state index >= 15 is 0 Å². The number of carbonyl (C=O) groups excluding carboxylic acids is 1. The average Bonchev–Trinajstić information content (AvgIpc) is 1.69. The lowest BCUT2D eigenvalue weighted by molar-refractivity contribution is -0.107. The van der Waals surface area contributed by atoms with Gasteiger partial charge in [0.1, 0.15) is 6.29 Å². The average molecular weight is 136 g/mol. The third kappa shape index (κ3) is 6.45. The quantitative estimate of drug-likeness (QED) is 0.331.